The highest BCUT2D eigenvalue weighted by atomic mass is 35.5. The largest absolute Gasteiger partial charge is 0.597 e. The topological polar surface area (TPSA) is 65.3 Å². The van der Waals surface area contributed by atoms with Crippen LogP contribution in [0.15, 0.2) is 36.4 Å². The summed E-state index contributed by atoms with van der Waals surface area (Å²) in [5, 5.41) is 1.21. The summed E-state index contributed by atoms with van der Waals surface area (Å²) in [6.45, 7) is 7.03. The van der Waals surface area contributed by atoms with Crippen LogP contribution in [-0.4, -0.2) is 80.8 Å². The van der Waals surface area contributed by atoms with E-state index in [0.717, 1.165) is 62.5 Å². The molecule has 2 aromatic rings. The van der Waals surface area contributed by atoms with Crippen LogP contribution >= 0.6 is 23.2 Å². The van der Waals surface area contributed by atoms with Crippen molar-refractivity contribution in [3.8, 4) is 5.75 Å². The highest BCUT2D eigenvalue weighted by Crippen LogP contribution is 2.33. The third kappa shape index (κ3) is 6.98. The Labute approximate surface area is 234 Å². The van der Waals surface area contributed by atoms with Gasteiger partial charge in [0.1, 0.15) is 19.0 Å². The summed E-state index contributed by atoms with van der Waals surface area (Å²) in [5.74, 6) is 0.643. The zero-order chi connectivity index (χ0) is 27.1. The van der Waals surface area contributed by atoms with Crippen LogP contribution in [0.1, 0.15) is 31.7 Å². The number of anilines is 2. The monoisotopic (exact) mass is 561 g/mol. The van der Waals surface area contributed by atoms with E-state index in [1.807, 2.05) is 36.4 Å². The van der Waals surface area contributed by atoms with E-state index < -0.39 is 6.09 Å². The van der Waals surface area contributed by atoms with Crippen molar-refractivity contribution >= 4 is 52.8 Å². The molecular weight excluding hydrogens is 527 g/mol. The van der Waals surface area contributed by atoms with Gasteiger partial charge < -0.3 is 14.4 Å². The molecule has 0 saturated carbocycles. The van der Waals surface area contributed by atoms with Gasteiger partial charge in [-0.1, -0.05) is 35.3 Å². The number of ether oxygens (including phenoxy) is 2. The van der Waals surface area contributed by atoms with E-state index in [1.165, 1.54) is 9.48 Å². The van der Waals surface area contributed by atoms with E-state index in [-0.39, 0.29) is 12.6 Å². The van der Waals surface area contributed by atoms with Crippen molar-refractivity contribution in [3.63, 3.8) is 0 Å². The molecule has 0 atom stereocenters. The van der Waals surface area contributed by atoms with Crippen molar-refractivity contribution in [3.05, 3.63) is 52.0 Å². The Morgan fingerprint density at radius 1 is 1.05 bits per heavy atom. The predicted molar refractivity (Wildman–Crippen MR) is 151 cm³/mol. The van der Waals surface area contributed by atoms with E-state index in [2.05, 4.69) is 9.80 Å². The van der Waals surface area contributed by atoms with Crippen LogP contribution in [0.5, 0.6) is 5.75 Å². The molecular formula is C28H35Cl2N4O4+. The smallest absolute Gasteiger partial charge is 0.494 e. The van der Waals surface area contributed by atoms with E-state index in [0.29, 0.717) is 35.2 Å². The summed E-state index contributed by atoms with van der Waals surface area (Å²) in [5.41, 5.74) is 2.79. The fraction of sp³-hybridized carbons (Fsp3) is 0.464. The number of benzene rings is 2. The Kier molecular flexibility index (Phi) is 9.88. The number of carbonyl (C=O) groups is 2. The number of hydrogen-bond donors (Lipinski definition) is 0. The molecule has 2 aliphatic rings. The van der Waals surface area contributed by atoms with Gasteiger partial charge >= 0.3 is 6.09 Å². The maximum absolute atomic E-state index is 12.6. The minimum atomic E-state index is -0.505. The maximum atomic E-state index is 12.6. The van der Waals surface area contributed by atoms with Gasteiger partial charge in [-0.2, -0.15) is 4.79 Å². The number of piperazine rings is 1. The van der Waals surface area contributed by atoms with Crippen LogP contribution < -0.4 is 14.5 Å². The Morgan fingerprint density at radius 3 is 2.61 bits per heavy atom. The first-order valence-electron chi connectivity index (χ1n) is 13.0. The molecule has 2 aromatic carbocycles. The van der Waals surface area contributed by atoms with Crippen molar-refractivity contribution in [1.29, 1.82) is 0 Å². The summed E-state index contributed by atoms with van der Waals surface area (Å²) in [6.07, 6.45) is 4.12. The lowest BCUT2D eigenvalue weighted by Gasteiger charge is -2.36. The van der Waals surface area contributed by atoms with Crippen molar-refractivity contribution in [2.45, 2.75) is 32.6 Å². The van der Waals surface area contributed by atoms with Crippen molar-refractivity contribution in [2.75, 3.05) is 62.9 Å². The van der Waals surface area contributed by atoms with Gasteiger partial charge in [-0.25, -0.2) is 0 Å². The number of carbonyl (C=O) groups excluding carboxylic acids is 2. The van der Waals surface area contributed by atoms with Crippen LogP contribution in [0.2, 0.25) is 10.0 Å². The quantitative estimate of drug-likeness (QED) is 0.241. The first-order chi connectivity index (χ1) is 18.4. The van der Waals surface area contributed by atoms with Crippen molar-refractivity contribution in [2.24, 2.45) is 0 Å². The van der Waals surface area contributed by atoms with Crippen molar-refractivity contribution in [1.82, 2.24) is 4.90 Å². The maximum Gasteiger partial charge on any atom is 0.597 e. The summed E-state index contributed by atoms with van der Waals surface area (Å²) < 4.78 is 12.7. The zero-order valence-corrected chi connectivity index (χ0v) is 23.5. The number of halogens is 2. The molecule has 0 aromatic heterocycles. The molecule has 38 heavy (non-hydrogen) atoms. The first-order valence-corrected chi connectivity index (χ1v) is 13.8. The van der Waals surface area contributed by atoms with Gasteiger partial charge in [0.05, 0.1) is 28.0 Å². The molecule has 10 heteroatoms. The lowest BCUT2D eigenvalue weighted by molar-refractivity contribution is -0.409. The Balaban J connectivity index is 1.21. The summed E-state index contributed by atoms with van der Waals surface area (Å²) in [7, 11) is 1.61. The molecule has 0 radical (unpaired) electrons. The standard InChI is InChI=1S/C28H35Cl2N4O4/c1-3-31(2)28(36)38-20-34-25-19-22(11-9-21(25)10-12-26(34)35)37-18-5-4-13-32-14-16-33(17-15-32)24-8-6-7-23(29)27(24)30/h3,6-9,11,19H,4-5,10,12-18,20H2,1-2H3/q+1. The van der Waals surface area contributed by atoms with Gasteiger partial charge in [0.2, 0.25) is 5.91 Å². The Hall–Kier alpha value is -2.81. The number of aryl methyl sites for hydroxylation is 1. The summed E-state index contributed by atoms with van der Waals surface area (Å²) in [6, 6.07) is 11.6. The molecule has 204 valence electrons. The Bertz CT molecular complexity index is 1180. The average molecular weight is 563 g/mol. The minimum absolute atomic E-state index is 0.0664. The molecule has 2 heterocycles. The highest BCUT2D eigenvalue weighted by Gasteiger charge is 2.27. The lowest BCUT2D eigenvalue weighted by Crippen LogP contribution is -2.46. The average Bonchev–Trinajstić information content (AvgIpc) is 2.93. The number of amides is 2. The molecule has 1 saturated heterocycles. The third-order valence-electron chi connectivity index (χ3n) is 7.03. The van der Waals surface area contributed by atoms with Gasteiger partial charge in [0.15, 0.2) is 6.73 Å². The Morgan fingerprint density at radius 2 is 1.84 bits per heavy atom. The normalized spacial score (nSPS) is 16.4. The number of unbranched alkanes of at least 4 members (excludes halogenated alkanes) is 1. The number of nitrogens with zero attached hydrogens (tertiary/aromatic N) is 4. The van der Waals surface area contributed by atoms with Crippen LogP contribution in [0.25, 0.3) is 0 Å². The van der Waals surface area contributed by atoms with Crippen LogP contribution in [0.4, 0.5) is 16.2 Å². The molecule has 4 rings (SSSR count). The molecule has 0 unspecified atom stereocenters. The number of rotatable bonds is 9. The molecule has 8 nitrogen and oxygen atoms in total. The second-order valence-corrected chi connectivity index (χ2v) is 10.3. The predicted octanol–water partition coefficient (Wildman–Crippen LogP) is 5.08. The molecule has 2 aliphatic heterocycles. The fourth-order valence-corrected chi connectivity index (χ4v) is 5.07. The van der Waals surface area contributed by atoms with Gasteiger partial charge in [-0.3, -0.25) is 14.6 Å². The van der Waals surface area contributed by atoms with Gasteiger partial charge in [0.25, 0.3) is 0 Å². The second kappa shape index (κ2) is 13.3. The van der Waals surface area contributed by atoms with Crippen LogP contribution in [0.3, 0.4) is 0 Å². The summed E-state index contributed by atoms with van der Waals surface area (Å²) >= 11 is 12.6. The van der Waals surface area contributed by atoms with E-state index >= 15 is 0 Å². The highest BCUT2D eigenvalue weighted by molar-refractivity contribution is 6.43. The van der Waals surface area contributed by atoms with E-state index in [4.69, 9.17) is 32.7 Å². The molecule has 0 aliphatic carbocycles. The molecule has 0 bridgehead atoms. The minimum Gasteiger partial charge on any atom is -0.494 e. The van der Waals surface area contributed by atoms with Gasteiger partial charge in [0, 0.05) is 45.6 Å². The molecule has 2 amide bonds. The second-order valence-electron chi connectivity index (χ2n) is 9.48. The van der Waals surface area contributed by atoms with E-state index in [9.17, 15) is 9.59 Å². The first kappa shape index (κ1) is 28.2. The van der Waals surface area contributed by atoms with Crippen molar-refractivity contribution < 1.29 is 23.6 Å². The summed E-state index contributed by atoms with van der Waals surface area (Å²) in [4.78, 5) is 30.8. The van der Waals surface area contributed by atoms with Crippen LogP contribution in [0, 0.1) is 0 Å². The zero-order valence-electron chi connectivity index (χ0n) is 22.0. The lowest BCUT2D eigenvalue weighted by atomic mass is 10.0. The third-order valence-corrected chi connectivity index (χ3v) is 7.84. The van der Waals surface area contributed by atoms with Crippen LogP contribution in [-0.2, 0) is 16.0 Å². The molecule has 1 fully saturated rings. The van der Waals surface area contributed by atoms with Gasteiger partial charge in [-0.05, 0) is 49.6 Å². The molecule has 0 spiro atoms. The van der Waals surface area contributed by atoms with Gasteiger partial charge in [-0.15, -0.1) is 4.58 Å². The number of fused-ring (bicyclic) bond motifs is 1. The SMILES string of the molecule is CC=[N+](C)C(=O)OCN1C(=O)CCc2ccc(OCCCCN3CCN(c4cccc(Cl)c4Cl)CC3)cc21. The van der Waals surface area contributed by atoms with E-state index in [1.54, 1.807) is 20.2 Å². The number of hydrogen-bond acceptors (Lipinski definition) is 6. The fourth-order valence-electron chi connectivity index (χ4n) is 4.65. The molecule has 0 N–H and O–H groups in total.